The summed E-state index contributed by atoms with van der Waals surface area (Å²) in [5.41, 5.74) is 4.48. The molecule has 132 valence electrons. The van der Waals surface area contributed by atoms with E-state index in [2.05, 4.69) is 22.2 Å². The number of benzene rings is 2. The first-order valence-corrected chi connectivity index (χ1v) is 8.22. The molecular weight excluding hydrogens is 332 g/mol. The van der Waals surface area contributed by atoms with Crippen molar-refractivity contribution in [2.75, 3.05) is 13.7 Å². The van der Waals surface area contributed by atoms with Crippen LogP contribution in [0.15, 0.2) is 48.5 Å². The van der Waals surface area contributed by atoms with Crippen LogP contribution in [0.25, 0.3) is 11.1 Å². The Morgan fingerprint density at radius 2 is 1.69 bits per heavy atom. The molecule has 0 radical (unpaired) electrons. The Labute approximate surface area is 151 Å². The number of ether oxygens (including phenoxy) is 2. The molecule has 3 rings (SSSR count). The van der Waals surface area contributed by atoms with Crippen molar-refractivity contribution in [1.82, 2.24) is 5.32 Å². The summed E-state index contributed by atoms with van der Waals surface area (Å²) in [5.74, 6) is -0.634. The van der Waals surface area contributed by atoms with Crippen molar-refractivity contribution in [3.8, 4) is 17.2 Å². The fraction of sp³-hybridized carbons (Fsp3) is 0.250. The highest BCUT2D eigenvalue weighted by Gasteiger charge is 2.29. The SMILES string of the molecule is COC(=O)CC(C#N)NC(=O)OCC1c2ccccc2-c2ccccc21. The third-order valence-electron chi connectivity index (χ3n) is 4.39. The summed E-state index contributed by atoms with van der Waals surface area (Å²) in [5, 5.41) is 11.4. The van der Waals surface area contributed by atoms with E-state index in [-0.39, 0.29) is 18.9 Å². The molecule has 6 heteroatoms. The highest BCUT2D eigenvalue weighted by molar-refractivity contribution is 5.79. The van der Waals surface area contributed by atoms with Crippen LogP contribution in [0.3, 0.4) is 0 Å². The lowest BCUT2D eigenvalue weighted by atomic mass is 9.98. The smallest absolute Gasteiger partial charge is 0.408 e. The summed E-state index contributed by atoms with van der Waals surface area (Å²) in [4.78, 5) is 23.3. The van der Waals surface area contributed by atoms with Crippen LogP contribution >= 0.6 is 0 Å². The minimum Gasteiger partial charge on any atom is -0.469 e. The van der Waals surface area contributed by atoms with E-state index < -0.39 is 18.1 Å². The Morgan fingerprint density at radius 1 is 1.12 bits per heavy atom. The molecule has 0 heterocycles. The van der Waals surface area contributed by atoms with E-state index in [1.165, 1.54) is 7.11 Å². The summed E-state index contributed by atoms with van der Waals surface area (Å²) in [6, 6.07) is 16.9. The van der Waals surface area contributed by atoms with Crippen molar-refractivity contribution in [2.45, 2.75) is 18.4 Å². The zero-order valence-corrected chi connectivity index (χ0v) is 14.3. The maximum Gasteiger partial charge on any atom is 0.408 e. The van der Waals surface area contributed by atoms with Gasteiger partial charge in [-0.15, -0.1) is 0 Å². The van der Waals surface area contributed by atoms with Crippen LogP contribution in [-0.2, 0) is 14.3 Å². The second-order valence-corrected chi connectivity index (χ2v) is 5.93. The van der Waals surface area contributed by atoms with E-state index in [4.69, 9.17) is 10.00 Å². The molecule has 0 saturated carbocycles. The number of fused-ring (bicyclic) bond motifs is 3. The molecule has 6 nitrogen and oxygen atoms in total. The molecule has 1 unspecified atom stereocenters. The van der Waals surface area contributed by atoms with Crippen molar-refractivity contribution < 1.29 is 19.1 Å². The number of nitriles is 1. The van der Waals surface area contributed by atoms with Crippen LogP contribution < -0.4 is 5.32 Å². The van der Waals surface area contributed by atoms with Gasteiger partial charge in [0.25, 0.3) is 0 Å². The van der Waals surface area contributed by atoms with Crippen LogP contribution in [0.5, 0.6) is 0 Å². The second-order valence-electron chi connectivity index (χ2n) is 5.93. The third kappa shape index (κ3) is 3.52. The van der Waals surface area contributed by atoms with Crippen LogP contribution in [0.4, 0.5) is 4.79 Å². The number of methoxy groups -OCH3 is 1. The van der Waals surface area contributed by atoms with E-state index in [1.807, 2.05) is 42.5 Å². The normalized spacial score (nSPS) is 13.1. The largest absolute Gasteiger partial charge is 0.469 e. The van der Waals surface area contributed by atoms with Gasteiger partial charge in [-0.25, -0.2) is 4.79 Å². The molecule has 1 aliphatic carbocycles. The minimum absolute atomic E-state index is 0.0608. The van der Waals surface area contributed by atoms with Gasteiger partial charge in [-0.3, -0.25) is 4.79 Å². The first-order chi connectivity index (χ1) is 12.6. The number of nitrogens with zero attached hydrogens (tertiary/aromatic N) is 1. The molecule has 0 bridgehead atoms. The predicted octanol–water partition coefficient (Wildman–Crippen LogP) is 2.98. The molecule has 0 aromatic heterocycles. The van der Waals surface area contributed by atoms with Crippen molar-refractivity contribution in [1.29, 1.82) is 5.26 Å². The van der Waals surface area contributed by atoms with Gasteiger partial charge in [-0.05, 0) is 22.3 Å². The lowest BCUT2D eigenvalue weighted by molar-refractivity contribution is -0.140. The lowest BCUT2D eigenvalue weighted by Gasteiger charge is -2.15. The molecule has 26 heavy (non-hydrogen) atoms. The average Bonchev–Trinajstić information content (AvgIpc) is 2.99. The third-order valence-corrected chi connectivity index (χ3v) is 4.39. The Kier molecular flexibility index (Phi) is 5.18. The number of nitrogens with one attached hydrogen (secondary N) is 1. The molecule has 1 N–H and O–H groups in total. The highest BCUT2D eigenvalue weighted by Crippen LogP contribution is 2.44. The van der Waals surface area contributed by atoms with Crippen LogP contribution in [0, 0.1) is 11.3 Å². The molecule has 1 aliphatic rings. The molecule has 2 aromatic rings. The Balaban J connectivity index is 1.67. The number of rotatable bonds is 5. The standard InChI is InChI=1S/C20H18N2O4/c1-25-19(23)10-13(11-21)22-20(24)26-12-18-16-8-4-2-6-14(16)15-7-3-5-9-17(15)18/h2-9,13,18H,10,12H2,1H3,(H,22,24). The summed E-state index contributed by atoms with van der Waals surface area (Å²) in [6.45, 7) is 0.149. The first-order valence-electron chi connectivity index (χ1n) is 8.22. The number of hydrogen-bond acceptors (Lipinski definition) is 5. The fourth-order valence-electron chi connectivity index (χ4n) is 3.16. The van der Waals surface area contributed by atoms with Gasteiger partial charge in [0.1, 0.15) is 12.6 Å². The minimum atomic E-state index is -0.988. The monoisotopic (exact) mass is 350 g/mol. The zero-order chi connectivity index (χ0) is 18.5. The number of hydrogen-bond donors (Lipinski definition) is 1. The van der Waals surface area contributed by atoms with Crippen LogP contribution in [0.1, 0.15) is 23.5 Å². The Bertz CT molecular complexity index is 827. The highest BCUT2D eigenvalue weighted by atomic mass is 16.5. The average molecular weight is 350 g/mol. The summed E-state index contributed by atoms with van der Waals surface area (Å²) >= 11 is 0. The van der Waals surface area contributed by atoms with Gasteiger partial charge in [0.05, 0.1) is 19.6 Å². The predicted molar refractivity (Wildman–Crippen MR) is 94.2 cm³/mol. The maximum atomic E-state index is 12.0. The number of carbonyl (C=O) groups excluding carboxylic acids is 2. The molecule has 0 spiro atoms. The van der Waals surface area contributed by atoms with Crippen molar-refractivity contribution in [3.63, 3.8) is 0 Å². The van der Waals surface area contributed by atoms with E-state index in [9.17, 15) is 9.59 Å². The van der Waals surface area contributed by atoms with Gasteiger partial charge in [0, 0.05) is 5.92 Å². The number of alkyl carbamates (subject to hydrolysis) is 1. The van der Waals surface area contributed by atoms with Crippen LogP contribution in [-0.4, -0.2) is 31.8 Å². The maximum absolute atomic E-state index is 12.0. The second kappa shape index (κ2) is 7.70. The van der Waals surface area contributed by atoms with E-state index in [1.54, 1.807) is 0 Å². The first kappa shape index (κ1) is 17.5. The van der Waals surface area contributed by atoms with E-state index in [0.717, 1.165) is 22.3 Å². The van der Waals surface area contributed by atoms with E-state index in [0.29, 0.717) is 0 Å². The molecule has 0 saturated heterocycles. The molecule has 1 amide bonds. The number of carbonyl (C=O) groups is 2. The van der Waals surface area contributed by atoms with E-state index >= 15 is 0 Å². The van der Waals surface area contributed by atoms with Gasteiger partial charge in [0.15, 0.2) is 0 Å². The summed E-state index contributed by atoms with van der Waals surface area (Å²) in [7, 11) is 1.23. The van der Waals surface area contributed by atoms with Crippen molar-refractivity contribution in [3.05, 3.63) is 59.7 Å². The van der Waals surface area contributed by atoms with Crippen molar-refractivity contribution >= 4 is 12.1 Å². The molecule has 1 atom stereocenters. The van der Waals surface area contributed by atoms with Gasteiger partial charge in [0.2, 0.25) is 0 Å². The molecule has 0 fully saturated rings. The van der Waals surface area contributed by atoms with Crippen molar-refractivity contribution in [2.24, 2.45) is 0 Å². The number of amides is 1. The van der Waals surface area contributed by atoms with Crippen LogP contribution in [0.2, 0.25) is 0 Å². The zero-order valence-electron chi connectivity index (χ0n) is 14.3. The lowest BCUT2D eigenvalue weighted by Crippen LogP contribution is -2.36. The fourth-order valence-corrected chi connectivity index (χ4v) is 3.16. The van der Waals surface area contributed by atoms with Gasteiger partial charge >= 0.3 is 12.1 Å². The molecule has 0 aliphatic heterocycles. The topological polar surface area (TPSA) is 88.4 Å². The summed E-state index contributed by atoms with van der Waals surface area (Å²) < 4.78 is 9.84. The molecular formula is C20H18N2O4. The van der Waals surface area contributed by atoms with Gasteiger partial charge in [-0.1, -0.05) is 48.5 Å². The summed E-state index contributed by atoms with van der Waals surface area (Å²) in [6.07, 6.45) is -0.959. The Hall–Kier alpha value is -3.33. The molecule has 2 aromatic carbocycles. The Morgan fingerprint density at radius 3 is 2.23 bits per heavy atom. The number of esters is 1. The van der Waals surface area contributed by atoms with Gasteiger partial charge < -0.3 is 14.8 Å². The van der Waals surface area contributed by atoms with Gasteiger partial charge in [-0.2, -0.15) is 5.26 Å². The quantitative estimate of drug-likeness (QED) is 0.838.